The van der Waals surface area contributed by atoms with Crippen LogP contribution in [-0.2, 0) is 17.5 Å². The Morgan fingerprint density at radius 2 is 1.79 bits per heavy atom. The first-order valence-corrected chi connectivity index (χ1v) is 14.2. The zero-order chi connectivity index (χ0) is 29.7. The summed E-state index contributed by atoms with van der Waals surface area (Å²) in [5.41, 5.74) is 1.19. The van der Waals surface area contributed by atoms with Gasteiger partial charge in [0.2, 0.25) is 0 Å². The summed E-state index contributed by atoms with van der Waals surface area (Å²) < 4.78 is 52.4. The number of piperidine rings is 3. The molecule has 3 saturated heterocycles. The largest absolute Gasteiger partial charge is 0.501 e. The summed E-state index contributed by atoms with van der Waals surface area (Å²) >= 11 is 0. The minimum Gasteiger partial charge on any atom is -0.501 e. The van der Waals surface area contributed by atoms with Gasteiger partial charge < -0.3 is 19.5 Å². The first kappa shape index (κ1) is 29.5. The second-order valence-electron chi connectivity index (χ2n) is 10.7. The van der Waals surface area contributed by atoms with Crippen LogP contribution in [0.1, 0.15) is 53.6 Å². The van der Waals surface area contributed by atoms with Crippen LogP contribution in [0.15, 0.2) is 79.1 Å². The second-order valence-corrected chi connectivity index (χ2v) is 10.7. The van der Waals surface area contributed by atoms with Crippen LogP contribution >= 0.6 is 0 Å². The number of hydrogen-bond acceptors (Lipinski definition) is 4. The molecule has 9 heteroatoms. The molecule has 42 heavy (non-hydrogen) atoms. The van der Waals surface area contributed by atoms with Gasteiger partial charge in [0.15, 0.2) is 0 Å². The lowest BCUT2D eigenvalue weighted by atomic mass is 9.81. The molecule has 1 N–H and O–H groups in total. The Morgan fingerprint density at radius 1 is 1.05 bits per heavy atom. The lowest BCUT2D eigenvalue weighted by molar-refractivity contribution is -0.137. The van der Waals surface area contributed by atoms with E-state index in [9.17, 15) is 23.1 Å². The third-order valence-electron chi connectivity index (χ3n) is 8.11. The number of ether oxygens (including phenoxy) is 2. The highest BCUT2D eigenvalue weighted by molar-refractivity contribution is 5.67. The van der Waals surface area contributed by atoms with E-state index in [1.165, 1.54) is 18.4 Å². The molecule has 3 aromatic rings. The van der Waals surface area contributed by atoms with Crippen molar-refractivity contribution in [3.05, 3.63) is 107 Å². The van der Waals surface area contributed by atoms with Crippen LogP contribution in [0.2, 0.25) is 0 Å². The van der Waals surface area contributed by atoms with Gasteiger partial charge in [-0.25, -0.2) is 4.79 Å². The van der Waals surface area contributed by atoms with Crippen LogP contribution in [0.5, 0.6) is 5.75 Å². The summed E-state index contributed by atoms with van der Waals surface area (Å²) in [6.07, 6.45) is -1.02. The third-order valence-corrected chi connectivity index (χ3v) is 8.11. The van der Waals surface area contributed by atoms with E-state index in [0.29, 0.717) is 30.4 Å². The van der Waals surface area contributed by atoms with Gasteiger partial charge in [0.05, 0.1) is 30.5 Å². The topological polar surface area (TPSA) is 62.2 Å². The molecule has 0 aromatic heterocycles. The number of nitrogens with zero attached hydrogens (tertiary/aromatic N) is 2. The molecule has 1 amide bonds. The number of hydrogen-bond donors (Lipinski definition) is 1. The maximum absolute atomic E-state index is 13.8. The highest BCUT2D eigenvalue weighted by atomic mass is 19.4. The molecular formula is C33H35F3N2O4. The normalized spacial score (nSPS) is 20.8. The second kappa shape index (κ2) is 12.9. The Kier molecular flexibility index (Phi) is 9.06. The van der Waals surface area contributed by atoms with Gasteiger partial charge in [-0.1, -0.05) is 54.6 Å². The molecule has 3 aliphatic heterocycles. The first-order valence-electron chi connectivity index (χ1n) is 14.2. The summed E-state index contributed by atoms with van der Waals surface area (Å²) in [6.45, 7) is 4.72. The van der Waals surface area contributed by atoms with Crippen molar-refractivity contribution in [2.45, 2.75) is 44.6 Å². The molecule has 222 valence electrons. The number of benzene rings is 3. The van der Waals surface area contributed by atoms with Gasteiger partial charge in [0.25, 0.3) is 0 Å². The lowest BCUT2D eigenvalue weighted by Crippen LogP contribution is -2.59. The quantitative estimate of drug-likeness (QED) is 0.252. The number of rotatable bonds is 10. The zero-order valence-electron chi connectivity index (χ0n) is 23.5. The van der Waals surface area contributed by atoms with E-state index in [4.69, 9.17) is 9.47 Å². The number of fused-ring (bicyclic) bond motifs is 3. The molecule has 3 fully saturated rings. The van der Waals surface area contributed by atoms with Crippen molar-refractivity contribution in [3.63, 3.8) is 0 Å². The van der Waals surface area contributed by atoms with Crippen molar-refractivity contribution < 1.29 is 32.5 Å². The average Bonchev–Trinajstić information content (AvgIpc) is 2.99. The van der Waals surface area contributed by atoms with Crippen LogP contribution in [0, 0.1) is 5.92 Å². The molecule has 3 aromatic carbocycles. The molecule has 0 aliphatic carbocycles. The van der Waals surface area contributed by atoms with Gasteiger partial charge in [-0.2, -0.15) is 13.2 Å². The number of halogens is 3. The van der Waals surface area contributed by atoms with E-state index in [0.717, 1.165) is 43.1 Å². The Labute approximate surface area is 244 Å². The molecule has 3 heterocycles. The average molecular weight is 581 g/mol. The van der Waals surface area contributed by atoms with Crippen molar-refractivity contribution in [2.75, 3.05) is 26.2 Å². The zero-order valence-corrected chi connectivity index (χ0v) is 23.5. The third kappa shape index (κ3) is 6.73. The Balaban J connectivity index is 1.42. The molecule has 0 saturated carbocycles. The number of amides is 1. The highest BCUT2D eigenvalue weighted by Crippen LogP contribution is 2.39. The Bertz CT molecular complexity index is 1390. The Hall–Kier alpha value is -3.98. The van der Waals surface area contributed by atoms with Gasteiger partial charge in [-0.15, -0.1) is 0 Å². The highest BCUT2D eigenvalue weighted by Gasteiger charge is 2.43. The van der Waals surface area contributed by atoms with E-state index < -0.39 is 23.9 Å². The van der Waals surface area contributed by atoms with E-state index in [1.807, 2.05) is 36.4 Å². The summed E-state index contributed by atoms with van der Waals surface area (Å²) in [5, 5.41) is 10.5. The van der Waals surface area contributed by atoms with E-state index in [1.54, 1.807) is 36.1 Å². The maximum atomic E-state index is 13.8. The molecule has 0 spiro atoms. The predicted octanol–water partition coefficient (Wildman–Crippen LogP) is 7.46. The van der Waals surface area contributed by atoms with Crippen LogP contribution < -0.4 is 4.74 Å². The monoisotopic (exact) mass is 580 g/mol. The summed E-state index contributed by atoms with van der Waals surface area (Å²) in [5.74, 6) is 0.743. The fourth-order valence-corrected chi connectivity index (χ4v) is 6.08. The SMILES string of the molecule is CCOC=Cc1ccc(COc2cccc([C@H](c3ccccc3)N(C(=O)O)[C@H]3CN4CCC3CC4)c2)cc1C(F)(F)F. The van der Waals surface area contributed by atoms with Crippen molar-refractivity contribution in [2.24, 2.45) is 5.92 Å². The van der Waals surface area contributed by atoms with Crippen molar-refractivity contribution in [1.82, 2.24) is 9.80 Å². The minimum absolute atomic E-state index is 0.00824. The minimum atomic E-state index is -4.54. The molecule has 6 rings (SSSR count). The number of alkyl halides is 3. The van der Waals surface area contributed by atoms with E-state index in [2.05, 4.69) is 4.90 Å². The molecular weight excluding hydrogens is 545 g/mol. The maximum Gasteiger partial charge on any atom is 0.416 e. The van der Waals surface area contributed by atoms with Crippen LogP contribution in [0.3, 0.4) is 0 Å². The smallest absolute Gasteiger partial charge is 0.416 e. The standard InChI is InChI=1S/C33H35F3N2O4/c1-2-41-18-15-24-12-11-23(19-29(24)33(34,35)36)22-42-28-10-6-9-27(20-28)31(26-7-4-3-5-8-26)38(32(39)40)30-21-37-16-13-25(30)14-17-37/h3-12,15,18-20,25,30-31H,2,13-14,16-17,21-22H2,1H3,(H,39,40)/t30-,31-/m0/s1. The predicted molar refractivity (Wildman–Crippen MR) is 154 cm³/mol. The van der Waals surface area contributed by atoms with Gasteiger partial charge in [0, 0.05) is 6.54 Å². The summed E-state index contributed by atoms with van der Waals surface area (Å²) in [4.78, 5) is 16.8. The molecule has 2 bridgehead atoms. The van der Waals surface area contributed by atoms with E-state index in [-0.39, 0.29) is 18.2 Å². The first-order chi connectivity index (χ1) is 20.2. The van der Waals surface area contributed by atoms with Crippen molar-refractivity contribution in [1.29, 1.82) is 0 Å². The molecule has 3 aliphatic rings. The van der Waals surface area contributed by atoms with Crippen molar-refractivity contribution in [3.8, 4) is 5.75 Å². The Morgan fingerprint density at radius 3 is 2.43 bits per heavy atom. The van der Waals surface area contributed by atoms with Gasteiger partial charge in [-0.05, 0) is 85.3 Å². The molecule has 0 radical (unpaired) electrons. The summed E-state index contributed by atoms with van der Waals surface area (Å²) in [6, 6.07) is 20.1. The van der Waals surface area contributed by atoms with Crippen molar-refractivity contribution >= 4 is 12.2 Å². The van der Waals surface area contributed by atoms with Gasteiger partial charge in [0.1, 0.15) is 12.4 Å². The number of carboxylic acid groups (broad SMARTS) is 1. The van der Waals surface area contributed by atoms with Crippen LogP contribution in [0.4, 0.5) is 18.0 Å². The molecule has 2 atom stereocenters. The van der Waals surface area contributed by atoms with Crippen LogP contribution in [0.25, 0.3) is 6.08 Å². The lowest BCUT2D eigenvalue weighted by Gasteiger charge is -2.50. The van der Waals surface area contributed by atoms with Gasteiger partial charge >= 0.3 is 12.3 Å². The molecule has 0 unspecified atom stereocenters. The van der Waals surface area contributed by atoms with Gasteiger partial charge in [-0.3, -0.25) is 4.90 Å². The molecule has 6 nitrogen and oxygen atoms in total. The van der Waals surface area contributed by atoms with E-state index >= 15 is 0 Å². The fourth-order valence-electron chi connectivity index (χ4n) is 6.08. The van der Waals surface area contributed by atoms with Crippen LogP contribution in [-0.4, -0.2) is 53.3 Å². The summed E-state index contributed by atoms with van der Waals surface area (Å²) in [7, 11) is 0. The fraction of sp³-hybridized carbons (Fsp3) is 0.364. The number of carbonyl (C=O) groups is 1.